The van der Waals surface area contributed by atoms with E-state index in [0.717, 1.165) is 52.0 Å². The SMILES string of the molecule is CCCc1nc2ccccc2n1Cc1ccc2c(c1)COc1c(F)cccc1/C2=C(\C)c1noc(=O)[nH]1. The van der Waals surface area contributed by atoms with Crippen molar-refractivity contribution in [1.29, 1.82) is 0 Å². The van der Waals surface area contributed by atoms with Gasteiger partial charge in [-0.3, -0.25) is 9.51 Å². The fraction of sp³-hybridized carbons (Fsp3) is 0.207. The number of nitrogens with zero attached hydrogens (tertiary/aromatic N) is 3. The summed E-state index contributed by atoms with van der Waals surface area (Å²) in [7, 11) is 0. The van der Waals surface area contributed by atoms with Crippen LogP contribution < -0.4 is 10.5 Å². The third-order valence-electron chi connectivity index (χ3n) is 6.77. The smallest absolute Gasteiger partial charge is 0.439 e. The number of aromatic nitrogens is 4. The minimum Gasteiger partial charge on any atom is -0.485 e. The molecule has 7 nitrogen and oxygen atoms in total. The predicted octanol–water partition coefficient (Wildman–Crippen LogP) is 5.72. The van der Waals surface area contributed by atoms with Crippen molar-refractivity contribution in [2.75, 3.05) is 0 Å². The largest absolute Gasteiger partial charge is 0.485 e. The molecule has 3 aromatic carbocycles. The molecular weight excluding hydrogens is 471 g/mol. The van der Waals surface area contributed by atoms with E-state index < -0.39 is 11.6 Å². The Morgan fingerprint density at radius 2 is 1.97 bits per heavy atom. The summed E-state index contributed by atoms with van der Waals surface area (Å²) >= 11 is 0. The molecule has 0 saturated heterocycles. The number of allylic oxidation sites excluding steroid dienone is 1. The molecule has 1 aliphatic rings. The monoisotopic (exact) mass is 496 g/mol. The van der Waals surface area contributed by atoms with Crippen LogP contribution in [0.4, 0.5) is 4.39 Å². The summed E-state index contributed by atoms with van der Waals surface area (Å²) in [6.07, 6.45) is 1.89. The first-order chi connectivity index (χ1) is 18.0. The molecular formula is C29H25FN4O3. The van der Waals surface area contributed by atoms with E-state index in [9.17, 15) is 9.18 Å². The van der Waals surface area contributed by atoms with Gasteiger partial charge in [0.15, 0.2) is 17.4 Å². The van der Waals surface area contributed by atoms with Crippen LogP contribution in [0.2, 0.25) is 0 Å². The summed E-state index contributed by atoms with van der Waals surface area (Å²) in [5.41, 5.74) is 6.95. The lowest BCUT2D eigenvalue weighted by Gasteiger charge is -2.15. The third-order valence-corrected chi connectivity index (χ3v) is 6.77. The third kappa shape index (κ3) is 4.04. The fourth-order valence-corrected chi connectivity index (χ4v) is 5.07. The summed E-state index contributed by atoms with van der Waals surface area (Å²) in [5, 5.41) is 3.87. The summed E-state index contributed by atoms with van der Waals surface area (Å²) in [6.45, 7) is 4.84. The number of nitrogens with one attached hydrogen (secondary N) is 1. The molecule has 1 aliphatic heterocycles. The van der Waals surface area contributed by atoms with Gasteiger partial charge in [0.1, 0.15) is 12.4 Å². The summed E-state index contributed by atoms with van der Waals surface area (Å²) in [4.78, 5) is 19.1. The van der Waals surface area contributed by atoms with E-state index in [1.807, 2.05) is 37.3 Å². The lowest BCUT2D eigenvalue weighted by Crippen LogP contribution is -2.07. The molecule has 6 rings (SSSR count). The molecule has 0 radical (unpaired) electrons. The second-order valence-corrected chi connectivity index (χ2v) is 9.19. The van der Waals surface area contributed by atoms with Gasteiger partial charge in [-0.05, 0) is 59.9 Å². The zero-order valence-electron chi connectivity index (χ0n) is 20.5. The molecule has 0 saturated carbocycles. The average Bonchev–Trinajstić information content (AvgIpc) is 3.43. The normalized spacial score (nSPS) is 14.1. The van der Waals surface area contributed by atoms with Gasteiger partial charge in [0, 0.05) is 24.1 Å². The highest BCUT2D eigenvalue weighted by Crippen LogP contribution is 2.41. The van der Waals surface area contributed by atoms with E-state index >= 15 is 0 Å². The number of halogens is 1. The number of hydrogen-bond acceptors (Lipinski definition) is 5. The van der Waals surface area contributed by atoms with Crippen molar-refractivity contribution in [2.45, 2.75) is 39.8 Å². The highest BCUT2D eigenvalue weighted by Gasteiger charge is 2.25. The molecule has 0 atom stereocenters. The van der Waals surface area contributed by atoms with Gasteiger partial charge in [-0.1, -0.05) is 48.5 Å². The standard InChI is InChI=1S/C29H25FN4O3/c1-3-7-25-31-23-10-4-5-11-24(23)34(25)15-18-12-13-20-19(14-18)16-36-27-21(8-6-9-22(27)30)26(20)17(2)28-32-29(35)37-33-28/h4-6,8-14H,3,7,15-16H2,1-2H3,(H,32,33,35)/b26-17+. The van der Waals surface area contributed by atoms with E-state index in [2.05, 4.69) is 39.8 Å². The number of fused-ring (bicyclic) bond motifs is 3. The van der Waals surface area contributed by atoms with Crippen molar-refractivity contribution in [1.82, 2.24) is 19.7 Å². The number of ether oxygens (including phenoxy) is 1. The van der Waals surface area contributed by atoms with E-state index in [-0.39, 0.29) is 12.4 Å². The van der Waals surface area contributed by atoms with Gasteiger partial charge in [0.2, 0.25) is 0 Å². The van der Waals surface area contributed by atoms with Crippen molar-refractivity contribution >= 4 is 22.2 Å². The number of para-hydroxylation sites is 3. The molecule has 3 heterocycles. The van der Waals surface area contributed by atoms with Gasteiger partial charge in [-0.15, -0.1) is 0 Å². The lowest BCUT2D eigenvalue weighted by atomic mass is 9.89. The highest BCUT2D eigenvalue weighted by atomic mass is 19.1. The maximum Gasteiger partial charge on any atom is 0.439 e. The summed E-state index contributed by atoms with van der Waals surface area (Å²) in [5.74, 6) is 0.423. The Morgan fingerprint density at radius 3 is 2.78 bits per heavy atom. The Labute approximate surface area is 212 Å². The zero-order chi connectivity index (χ0) is 25.5. The molecule has 1 N–H and O–H groups in total. The van der Waals surface area contributed by atoms with Crippen LogP contribution >= 0.6 is 0 Å². The van der Waals surface area contributed by atoms with Crippen molar-refractivity contribution in [2.24, 2.45) is 0 Å². The van der Waals surface area contributed by atoms with Crippen LogP contribution in [0.1, 0.15) is 54.2 Å². The Hall–Kier alpha value is -4.46. The number of rotatable bonds is 5. The van der Waals surface area contributed by atoms with E-state index in [1.165, 1.54) is 6.07 Å². The van der Waals surface area contributed by atoms with Crippen LogP contribution in [0.3, 0.4) is 0 Å². The Balaban J connectivity index is 1.49. The van der Waals surface area contributed by atoms with Crippen molar-refractivity contribution in [3.05, 3.63) is 111 Å². The number of aromatic amines is 1. The minimum absolute atomic E-state index is 0.172. The van der Waals surface area contributed by atoms with Crippen LogP contribution in [0, 0.1) is 5.82 Å². The molecule has 5 aromatic rings. The molecule has 0 unspecified atom stereocenters. The van der Waals surface area contributed by atoms with Gasteiger partial charge < -0.3 is 9.30 Å². The fourth-order valence-electron chi connectivity index (χ4n) is 5.07. The van der Waals surface area contributed by atoms with Gasteiger partial charge >= 0.3 is 5.76 Å². The molecule has 37 heavy (non-hydrogen) atoms. The van der Waals surface area contributed by atoms with E-state index in [0.29, 0.717) is 23.5 Å². The first kappa shape index (κ1) is 23.0. The molecule has 0 spiro atoms. The van der Waals surface area contributed by atoms with Crippen LogP contribution in [-0.2, 0) is 19.6 Å². The lowest BCUT2D eigenvalue weighted by molar-refractivity contribution is 0.291. The second kappa shape index (κ2) is 9.20. The maximum absolute atomic E-state index is 14.9. The topological polar surface area (TPSA) is 85.9 Å². The molecule has 0 bridgehead atoms. The Bertz CT molecular complexity index is 1730. The van der Waals surface area contributed by atoms with Crippen LogP contribution in [0.25, 0.3) is 22.2 Å². The minimum atomic E-state index is -0.648. The average molecular weight is 497 g/mol. The number of aryl methyl sites for hydroxylation is 1. The van der Waals surface area contributed by atoms with Gasteiger partial charge in [0.25, 0.3) is 0 Å². The Morgan fingerprint density at radius 1 is 1.11 bits per heavy atom. The van der Waals surface area contributed by atoms with Crippen molar-refractivity contribution in [3.8, 4) is 5.75 Å². The van der Waals surface area contributed by atoms with Crippen LogP contribution in [0.15, 0.2) is 70.0 Å². The number of imidazole rings is 1. The van der Waals surface area contributed by atoms with Crippen LogP contribution in [-0.4, -0.2) is 19.7 Å². The first-order valence-corrected chi connectivity index (χ1v) is 12.3. The predicted molar refractivity (Wildman–Crippen MR) is 139 cm³/mol. The molecule has 186 valence electrons. The van der Waals surface area contributed by atoms with E-state index in [1.54, 1.807) is 6.07 Å². The van der Waals surface area contributed by atoms with Gasteiger partial charge in [0.05, 0.1) is 11.0 Å². The quantitative estimate of drug-likeness (QED) is 0.336. The zero-order valence-corrected chi connectivity index (χ0v) is 20.5. The summed E-state index contributed by atoms with van der Waals surface area (Å²) in [6, 6.07) is 19.2. The van der Waals surface area contributed by atoms with Crippen LogP contribution in [0.5, 0.6) is 5.75 Å². The highest BCUT2D eigenvalue weighted by molar-refractivity contribution is 5.99. The number of hydrogen-bond donors (Lipinski definition) is 1. The number of H-pyrrole nitrogens is 1. The van der Waals surface area contributed by atoms with Crippen molar-refractivity contribution < 1.29 is 13.7 Å². The second-order valence-electron chi connectivity index (χ2n) is 9.19. The first-order valence-electron chi connectivity index (χ1n) is 12.3. The number of benzene rings is 3. The molecule has 0 amide bonds. The summed E-state index contributed by atoms with van der Waals surface area (Å²) < 4.78 is 27.9. The molecule has 0 fully saturated rings. The molecule has 0 aliphatic carbocycles. The Kier molecular flexibility index (Phi) is 5.71. The van der Waals surface area contributed by atoms with E-state index in [4.69, 9.17) is 14.2 Å². The van der Waals surface area contributed by atoms with Gasteiger partial charge in [-0.25, -0.2) is 14.2 Å². The van der Waals surface area contributed by atoms with Gasteiger partial charge in [-0.2, -0.15) is 0 Å². The maximum atomic E-state index is 14.9. The molecule has 8 heteroatoms. The van der Waals surface area contributed by atoms with Crippen molar-refractivity contribution in [3.63, 3.8) is 0 Å². The molecule has 2 aromatic heterocycles.